The van der Waals surface area contributed by atoms with Crippen LogP contribution in [0.15, 0.2) is 65.9 Å². The molecule has 0 amide bonds. The third-order valence-electron chi connectivity index (χ3n) is 5.95. The molecule has 0 saturated heterocycles. The van der Waals surface area contributed by atoms with Gasteiger partial charge in [-0.05, 0) is 37.3 Å². The minimum atomic E-state index is 0.265. The van der Waals surface area contributed by atoms with E-state index in [1.54, 1.807) is 14.2 Å². The van der Waals surface area contributed by atoms with Crippen LogP contribution in [0.3, 0.4) is 0 Å². The van der Waals surface area contributed by atoms with Gasteiger partial charge in [-0.2, -0.15) is 0 Å². The highest BCUT2D eigenvalue weighted by Crippen LogP contribution is 2.34. The molecular formula is C26H33N5O2. The maximum Gasteiger partial charge on any atom is 0.191 e. The molecular weight excluding hydrogens is 414 g/mol. The topological polar surface area (TPSA) is 72.7 Å². The molecule has 0 spiro atoms. The van der Waals surface area contributed by atoms with Gasteiger partial charge in [0.25, 0.3) is 0 Å². The lowest BCUT2D eigenvalue weighted by Crippen LogP contribution is -2.37. The molecule has 7 nitrogen and oxygen atoms in total. The Morgan fingerprint density at radius 1 is 1.06 bits per heavy atom. The van der Waals surface area contributed by atoms with Gasteiger partial charge in [0.05, 0.1) is 19.8 Å². The minimum Gasteiger partial charge on any atom is -0.493 e. The van der Waals surface area contributed by atoms with Gasteiger partial charge >= 0.3 is 0 Å². The number of nitrogens with one attached hydrogen (secondary N) is 2. The highest BCUT2D eigenvalue weighted by atomic mass is 16.5. The van der Waals surface area contributed by atoms with Gasteiger partial charge in [0.1, 0.15) is 5.82 Å². The summed E-state index contributed by atoms with van der Waals surface area (Å²) in [6.45, 7) is 1.94. The van der Waals surface area contributed by atoms with Gasteiger partial charge in [0.2, 0.25) is 0 Å². The third kappa shape index (κ3) is 6.06. The normalized spacial score (nSPS) is 14.3. The van der Waals surface area contributed by atoms with Crippen LogP contribution >= 0.6 is 0 Å². The largest absolute Gasteiger partial charge is 0.493 e. The van der Waals surface area contributed by atoms with Crippen molar-refractivity contribution >= 4 is 5.96 Å². The van der Waals surface area contributed by atoms with Crippen LogP contribution in [0.1, 0.15) is 42.6 Å². The van der Waals surface area contributed by atoms with Crippen LogP contribution in [0.4, 0.5) is 0 Å². The van der Waals surface area contributed by atoms with E-state index in [-0.39, 0.29) is 6.10 Å². The van der Waals surface area contributed by atoms with Gasteiger partial charge < -0.3 is 24.7 Å². The molecule has 33 heavy (non-hydrogen) atoms. The summed E-state index contributed by atoms with van der Waals surface area (Å²) in [5.74, 6) is 3.26. The molecule has 2 aromatic carbocycles. The third-order valence-corrected chi connectivity index (χ3v) is 5.95. The fourth-order valence-corrected chi connectivity index (χ4v) is 4.16. The van der Waals surface area contributed by atoms with Crippen molar-refractivity contribution in [1.29, 1.82) is 0 Å². The number of hydrogen-bond donors (Lipinski definition) is 2. The summed E-state index contributed by atoms with van der Waals surface area (Å²) >= 11 is 0. The van der Waals surface area contributed by atoms with Crippen LogP contribution in [0.2, 0.25) is 0 Å². The zero-order valence-corrected chi connectivity index (χ0v) is 19.5. The number of aromatic nitrogens is 2. The maximum atomic E-state index is 6.35. The van der Waals surface area contributed by atoms with E-state index >= 15 is 0 Å². The summed E-state index contributed by atoms with van der Waals surface area (Å²) in [5.41, 5.74) is 2.29. The number of aliphatic imine (C=N–C) groups is 1. The number of ether oxygens (including phenoxy) is 2. The fraction of sp³-hybridized carbons (Fsp3) is 0.385. The first-order valence-electron chi connectivity index (χ1n) is 11.6. The van der Waals surface area contributed by atoms with Crippen LogP contribution in [0.5, 0.6) is 11.5 Å². The number of para-hydroxylation sites is 1. The molecule has 0 radical (unpaired) electrons. The number of benzene rings is 2. The summed E-state index contributed by atoms with van der Waals surface area (Å²) in [5, 5.41) is 6.77. The zero-order valence-electron chi connectivity index (χ0n) is 19.5. The predicted molar refractivity (Wildman–Crippen MR) is 131 cm³/mol. The molecule has 1 saturated carbocycles. The second-order valence-electron chi connectivity index (χ2n) is 8.21. The Labute approximate surface area is 195 Å². The van der Waals surface area contributed by atoms with E-state index < -0.39 is 0 Å². The van der Waals surface area contributed by atoms with Gasteiger partial charge in [-0.1, -0.05) is 42.5 Å². The average Bonchev–Trinajstić information content (AvgIpc) is 3.53. The highest BCUT2D eigenvalue weighted by molar-refractivity contribution is 5.79. The Morgan fingerprint density at radius 2 is 1.85 bits per heavy atom. The van der Waals surface area contributed by atoms with Crippen LogP contribution in [-0.4, -0.2) is 35.8 Å². The summed E-state index contributed by atoms with van der Waals surface area (Å²) < 4.78 is 14.1. The molecule has 0 bridgehead atoms. The van der Waals surface area contributed by atoms with Crippen molar-refractivity contribution in [2.24, 2.45) is 4.99 Å². The highest BCUT2D eigenvalue weighted by Gasteiger charge is 2.20. The Kier molecular flexibility index (Phi) is 7.85. The lowest BCUT2D eigenvalue weighted by atomic mass is 10.1. The molecule has 0 atom stereocenters. The molecule has 174 valence electrons. The molecule has 0 unspecified atom stereocenters. The van der Waals surface area contributed by atoms with E-state index in [4.69, 9.17) is 9.47 Å². The van der Waals surface area contributed by atoms with E-state index in [0.29, 0.717) is 19.0 Å². The van der Waals surface area contributed by atoms with Gasteiger partial charge in [0.15, 0.2) is 17.5 Å². The van der Waals surface area contributed by atoms with Gasteiger partial charge in [-0.25, -0.2) is 4.98 Å². The molecule has 7 heteroatoms. The van der Waals surface area contributed by atoms with E-state index in [1.807, 2.05) is 30.6 Å². The number of hydrogen-bond acceptors (Lipinski definition) is 4. The molecule has 1 aliphatic carbocycles. The number of guanidine groups is 1. The van der Waals surface area contributed by atoms with Crippen molar-refractivity contribution in [1.82, 2.24) is 20.2 Å². The molecule has 1 heterocycles. The van der Waals surface area contributed by atoms with Crippen LogP contribution in [0, 0.1) is 0 Å². The fourth-order valence-electron chi connectivity index (χ4n) is 4.16. The Balaban J connectivity index is 1.37. The SMILES string of the molecule is CN=C(NCc1cccc(OC)c1OC1CCCC1)NCc1nccn1Cc1ccccc1. The van der Waals surface area contributed by atoms with Crippen molar-refractivity contribution in [3.05, 3.63) is 77.9 Å². The number of nitrogens with zero attached hydrogens (tertiary/aromatic N) is 3. The molecule has 4 rings (SSSR count). The van der Waals surface area contributed by atoms with Crippen molar-refractivity contribution in [3.63, 3.8) is 0 Å². The first-order valence-corrected chi connectivity index (χ1v) is 11.6. The first-order chi connectivity index (χ1) is 16.3. The molecule has 0 aliphatic heterocycles. The van der Waals surface area contributed by atoms with E-state index in [9.17, 15) is 0 Å². The van der Waals surface area contributed by atoms with Crippen molar-refractivity contribution in [3.8, 4) is 11.5 Å². The van der Waals surface area contributed by atoms with Crippen molar-refractivity contribution in [2.45, 2.75) is 51.4 Å². The summed E-state index contributed by atoms with van der Waals surface area (Å²) in [7, 11) is 3.46. The smallest absolute Gasteiger partial charge is 0.191 e. The van der Waals surface area contributed by atoms with Crippen LogP contribution < -0.4 is 20.1 Å². The quantitative estimate of drug-likeness (QED) is 0.381. The monoisotopic (exact) mass is 447 g/mol. The second kappa shape index (κ2) is 11.4. The molecule has 3 aromatic rings. The Hall–Kier alpha value is -3.48. The first kappa shape index (κ1) is 22.7. The van der Waals surface area contributed by atoms with Crippen LogP contribution in [0.25, 0.3) is 0 Å². The average molecular weight is 448 g/mol. The summed E-state index contributed by atoms with van der Waals surface area (Å²) in [4.78, 5) is 8.89. The minimum absolute atomic E-state index is 0.265. The van der Waals surface area contributed by atoms with Crippen molar-refractivity contribution < 1.29 is 9.47 Å². The second-order valence-corrected chi connectivity index (χ2v) is 8.21. The molecule has 1 aliphatic rings. The number of methoxy groups -OCH3 is 1. The standard InChI is InChI=1S/C26H33N5O2/c1-27-26(30-18-24-28-15-16-31(24)19-20-9-4-3-5-10-20)29-17-21-11-8-14-23(32-2)25(21)33-22-12-6-7-13-22/h3-5,8-11,14-16,22H,6-7,12-13,17-19H2,1-2H3,(H2,27,29,30). The van der Waals surface area contributed by atoms with Gasteiger partial charge in [-0.15, -0.1) is 0 Å². The number of imidazole rings is 1. The predicted octanol–water partition coefficient (Wildman–Crippen LogP) is 4.13. The Morgan fingerprint density at radius 3 is 2.61 bits per heavy atom. The van der Waals surface area contributed by atoms with Gasteiger partial charge in [0, 0.05) is 38.1 Å². The zero-order chi connectivity index (χ0) is 22.9. The summed E-state index contributed by atoms with van der Waals surface area (Å²) in [6.07, 6.45) is 8.75. The molecule has 1 aromatic heterocycles. The molecule has 2 N–H and O–H groups in total. The lowest BCUT2D eigenvalue weighted by molar-refractivity contribution is 0.198. The summed E-state index contributed by atoms with van der Waals surface area (Å²) in [6, 6.07) is 16.4. The van der Waals surface area contributed by atoms with Crippen LogP contribution in [-0.2, 0) is 19.6 Å². The van der Waals surface area contributed by atoms with E-state index in [0.717, 1.165) is 42.3 Å². The van der Waals surface area contributed by atoms with E-state index in [2.05, 4.69) is 55.5 Å². The van der Waals surface area contributed by atoms with E-state index in [1.165, 1.54) is 18.4 Å². The Bertz CT molecular complexity index is 1040. The molecule has 1 fully saturated rings. The lowest BCUT2D eigenvalue weighted by Gasteiger charge is -2.20. The maximum absolute atomic E-state index is 6.35. The van der Waals surface area contributed by atoms with Gasteiger partial charge in [-0.3, -0.25) is 4.99 Å². The van der Waals surface area contributed by atoms with Crippen molar-refractivity contribution in [2.75, 3.05) is 14.2 Å². The number of rotatable bonds is 9.